The zero-order valence-corrected chi connectivity index (χ0v) is 11.0. The minimum absolute atomic E-state index is 0.494. The van der Waals surface area contributed by atoms with Crippen LogP contribution < -0.4 is 10.4 Å². The van der Waals surface area contributed by atoms with Crippen molar-refractivity contribution in [2.45, 2.75) is 24.7 Å². The van der Waals surface area contributed by atoms with Crippen molar-refractivity contribution in [3.05, 3.63) is 35.4 Å². The molecule has 1 aromatic rings. The van der Waals surface area contributed by atoms with Crippen LogP contribution in [0, 0.1) is 0 Å². The topological polar surface area (TPSA) is 52.6 Å². The second kappa shape index (κ2) is 5.93. The van der Waals surface area contributed by atoms with E-state index in [1.54, 1.807) is 17.2 Å². The fourth-order valence-corrected chi connectivity index (χ4v) is 2.97. The number of benzene rings is 1. The fourth-order valence-electron chi connectivity index (χ4n) is 1.85. The van der Waals surface area contributed by atoms with Gasteiger partial charge in [-0.05, 0) is 18.6 Å². The highest BCUT2D eigenvalue weighted by Crippen LogP contribution is 2.45. The quantitative estimate of drug-likeness (QED) is 0.499. The van der Waals surface area contributed by atoms with Crippen molar-refractivity contribution in [2.24, 2.45) is 0 Å². The van der Waals surface area contributed by atoms with Crippen LogP contribution in [0.4, 0.5) is 5.69 Å². The van der Waals surface area contributed by atoms with Gasteiger partial charge in [-0.25, -0.2) is 5.48 Å². The molecule has 5 heteroatoms. The third-order valence-corrected chi connectivity index (χ3v) is 3.85. The van der Waals surface area contributed by atoms with Gasteiger partial charge < -0.3 is 4.90 Å². The Morgan fingerprint density at radius 2 is 2.28 bits per heavy atom. The third kappa shape index (κ3) is 2.68. The van der Waals surface area contributed by atoms with Crippen LogP contribution in [0.1, 0.15) is 19.8 Å². The summed E-state index contributed by atoms with van der Waals surface area (Å²) < 4.78 is 0. The molecule has 0 spiro atoms. The summed E-state index contributed by atoms with van der Waals surface area (Å²) in [5, 5.41) is 9.46. The molecule has 0 saturated carbocycles. The Hall–Kier alpha value is -1.46. The summed E-state index contributed by atoms with van der Waals surface area (Å²) in [6, 6.07) is 8.07. The first kappa shape index (κ1) is 13.0. The highest BCUT2D eigenvalue weighted by molar-refractivity contribution is 8.03. The Labute approximate surface area is 111 Å². The number of unbranched alkanes of at least 4 members (excludes halogenated alkanes) is 1. The van der Waals surface area contributed by atoms with Gasteiger partial charge in [0.25, 0.3) is 5.91 Å². The number of hydrogen-bond donors (Lipinski definition) is 2. The Morgan fingerprint density at radius 3 is 3.00 bits per heavy atom. The van der Waals surface area contributed by atoms with E-state index in [4.69, 9.17) is 5.21 Å². The van der Waals surface area contributed by atoms with Crippen LogP contribution in [-0.4, -0.2) is 17.7 Å². The summed E-state index contributed by atoms with van der Waals surface area (Å²) in [5.41, 5.74) is 2.77. The summed E-state index contributed by atoms with van der Waals surface area (Å²) in [4.78, 5) is 14.5. The second-order valence-electron chi connectivity index (χ2n) is 4.03. The van der Waals surface area contributed by atoms with Crippen molar-refractivity contribution < 1.29 is 10.0 Å². The molecule has 1 aliphatic heterocycles. The number of para-hydroxylation sites is 1. The lowest BCUT2D eigenvalue weighted by molar-refractivity contribution is -0.124. The molecule has 0 radical (unpaired) electrons. The Bertz CT molecular complexity index is 474. The predicted octanol–water partition coefficient (Wildman–Crippen LogP) is 2.75. The molecule has 0 fully saturated rings. The highest BCUT2D eigenvalue weighted by Gasteiger charge is 2.24. The molecule has 1 aliphatic rings. The van der Waals surface area contributed by atoms with Crippen molar-refractivity contribution in [2.75, 3.05) is 11.4 Å². The van der Waals surface area contributed by atoms with Gasteiger partial charge in [0.1, 0.15) is 0 Å². The monoisotopic (exact) mass is 264 g/mol. The number of fused-ring (bicyclic) bond motifs is 1. The van der Waals surface area contributed by atoms with Gasteiger partial charge in [0.2, 0.25) is 0 Å². The summed E-state index contributed by atoms with van der Waals surface area (Å²) in [6.45, 7) is 3.02. The van der Waals surface area contributed by atoms with E-state index in [0.29, 0.717) is 0 Å². The molecule has 0 unspecified atom stereocenters. The number of hydroxylamine groups is 1. The molecule has 1 heterocycles. The Kier molecular flexibility index (Phi) is 4.28. The molecule has 1 amide bonds. The van der Waals surface area contributed by atoms with Gasteiger partial charge in [-0.15, -0.1) is 0 Å². The summed E-state index contributed by atoms with van der Waals surface area (Å²) in [7, 11) is 0. The molecule has 0 bridgehead atoms. The standard InChI is InChI=1S/C13H16N2O2S/c1-2-3-8-15-10-6-4-5-7-11(10)18-13(15)9-12(16)14-17/h4-7,9,17H,2-3,8H2,1H3,(H,14,16)/b13-9+. The minimum Gasteiger partial charge on any atom is -0.335 e. The van der Waals surface area contributed by atoms with Gasteiger partial charge in [-0.2, -0.15) is 0 Å². The number of thioether (sulfide) groups is 1. The number of rotatable bonds is 4. The van der Waals surface area contributed by atoms with Crippen LogP contribution in [0.2, 0.25) is 0 Å². The van der Waals surface area contributed by atoms with E-state index >= 15 is 0 Å². The number of nitrogens with one attached hydrogen (secondary N) is 1. The number of carbonyl (C=O) groups excluding carboxylic acids is 1. The Morgan fingerprint density at radius 1 is 1.50 bits per heavy atom. The van der Waals surface area contributed by atoms with Crippen molar-refractivity contribution >= 4 is 23.4 Å². The van der Waals surface area contributed by atoms with Crippen LogP contribution in [-0.2, 0) is 4.79 Å². The SMILES string of the molecule is CCCCN1/C(=C\C(=O)NO)Sc2ccccc21. The number of nitrogens with zero attached hydrogens (tertiary/aromatic N) is 1. The predicted molar refractivity (Wildman–Crippen MR) is 72.6 cm³/mol. The maximum atomic E-state index is 11.3. The van der Waals surface area contributed by atoms with E-state index in [1.165, 1.54) is 6.08 Å². The van der Waals surface area contributed by atoms with E-state index in [9.17, 15) is 4.79 Å². The van der Waals surface area contributed by atoms with Crippen molar-refractivity contribution in [1.29, 1.82) is 0 Å². The average molecular weight is 264 g/mol. The molecule has 0 aromatic heterocycles. The lowest BCUT2D eigenvalue weighted by Gasteiger charge is -2.19. The molecule has 0 atom stereocenters. The molecule has 4 nitrogen and oxygen atoms in total. The molecular weight excluding hydrogens is 248 g/mol. The van der Waals surface area contributed by atoms with E-state index in [2.05, 4.69) is 17.9 Å². The van der Waals surface area contributed by atoms with E-state index < -0.39 is 5.91 Å². The molecule has 0 saturated heterocycles. The lowest BCUT2D eigenvalue weighted by atomic mass is 10.2. The van der Waals surface area contributed by atoms with E-state index in [0.717, 1.165) is 35.0 Å². The van der Waals surface area contributed by atoms with Crippen molar-refractivity contribution in [1.82, 2.24) is 5.48 Å². The average Bonchev–Trinajstić information content (AvgIpc) is 2.73. The van der Waals surface area contributed by atoms with Crippen LogP contribution in [0.25, 0.3) is 0 Å². The van der Waals surface area contributed by atoms with Crippen LogP contribution >= 0.6 is 11.8 Å². The van der Waals surface area contributed by atoms with Gasteiger partial charge >= 0.3 is 0 Å². The van der Waals surface area contributed by atoms with Crippen molar-refractivity contribution in [3.63, 3.8) is 0 Å². The van der Waals surface area contributed by atoms with Gasteiger partial charge in [0.05, 0.1) is 10.7 Å². The van der Waals surface area contributed by atoms with E-state index in [-0.39, 0.29) is 0 Å². The second-order valence-corrected chi connectivity index (χ2v) is 5.10. The van der Waals surface area contributed by atoms with Gasteiger partial charge in [0, 0.05) is 17.5 Å². The third-order valence-electron chi connectivity index (χ3n) is 2.74. The molecular formula is C13H16N2O2S. The van der Waals surface area contributed by atoms with Crippen LogP contribution in [0.3, 0.4) is 0 Å². The van der Waals surface area contributed by atoms with Crippen molar-refractivity contribution in [3.8, 4) is 0 Å². The van der Waals surface area contributed by atoms with Gasteiger partial charge in [0.15, 0.2) is 0 Å². The normalized spacial score (nSPS) is 15.9. The minimum atomic E-state index is -0.494. The zero-order chi connectivity index (χ0) is 13.0. The number of anilines is 1. The first-order valence-electron chi connectivity index (χ1n) is 5.96. The number of hydrogen-bond acceptors (Lipinski definition) is 4. The first-order chi connectivity index (χ1) is 8.76. The van der Waals surface area contributed by atoms with Gasteiger partial charge in [-0.3, -0.25) is 10.0 Å². The fraction of sp³-hybridized carbons (Fsp3) is 0.308. The molecule has 0 aliphatic carbocycles. The largest absolute Gasteiger partial charge is 0.335 e. The number of amides is 1. The Balaban J connectivity index is 2.27. The summed E-state index contributed by atoms with van der Waals surface area (Å²) in [6.07, 6.45) is 3.59. The molecule has 1 aromatic carbocycles. The molecule has 18 heavy (non-hydrogen) atoms. The smallest absolute Gasteiger partial charge is 0.269 e. The maximum Gasteiger partial charge on any atom is 0.269 e. The van der Waals surface area contributed by atoms with E-state index in [1.807, 2.05) is 18.2 Å². The van der Waals surface area contributed by atoms with Crippen LogP contribution in [0.5, 0.6) is 0 Å². The molecule has 2 rings (SSSR count). The summed E-state index contributed by atoms with van der Waals surface area (Å²) >= 11 is 1.55. The maximum absolute atomic E-state index is 11.3. The summed E-state index contributed by atoms with van der Waals surface area (Å²) in [5.74, 6) is -0.494. The van der Waals surface area contributed by atoms with Gasteiger partial charge in [-0.1, -0.05) is 37.2 Å². The van der Waals surface area contributed by atoms with Crippen LogP contribution in [0.15, 0.2) is 40.3 Å². The first-order valence-corrected chi connectivity index (χ1v) is 6.78. The number of carbonyl (C=O) groups is 1. The lowest BCUT2D eigenvalue weighted by Crippen LogP contribution is -2.22. The highest BCUT2D eigenvalue weighted by atomic mass is 32.2. The molecule has 96 valence electrons. The zero-order valence-electron chi connectivity index (χ0n) is 10.2. The molecule has 2 N–H and O–H groups in total.